The van der Waals surface area contributed by atoms with Crippen LogP contribution in [0.15, 0.2) is 34.2 Å². The molecule has 0 radical (unpaired) electrons. The summed E-state index contributed by atoms with van der Waals surface area (Å²) in [6.07, 6.45) is 0. The first-order chi connectivity index (χ1) is 9.11. The van der Waals surface area contributed by atoms with E-state index in [1.807, 2.05) is 18.2 Å². The average molecular weight is 271 g/mol. The SMILES string of the molecule is Cc1ccccc1CSc1nc(C)c(C#N)c(=O)[nH]1. The topological polar surface area (TPSA) is 69.5 Å². The minimum atomic E-state index is -0.373. The third kappa shape index (κ3) is 3.04. The number of aromatic amines is 1. The van der Waals surface area contributed by atoms with E-state index in [0.717, 1.165) is 5.75 Å². The van der Waals surface area contributed by atoms with Gasteiger partial charge in [-0.05, 0) is 25.0 Å². The van der Waals surface area contributed by atoms with E-state index in [1.54, 1.807) is 6.92 Å². The van der Waals surface area contributed by atoms with E-state index in [2.05, 4.69) is 29.0 Å². The van der Waals surface area contributed by atoms with Gasteiger partial charge in [0.25, 0.3) is 5.56 Å². The van der Waals surface area contributed by atoms with E-state index >= 15 is 0 Å². The minimum absolute atomic E-state index is 0.0836. The highest BCUT2D eigenvalue weighted by atomic mass is 32.2. The summed E-state index contributed by atoms with van der Waals surface area (Å²) in [6.45, 7) is 3.72. The molecule has 4 nitrogen and oxygen atoms in total. The number of nitrogens with zero attached hydrogens (tertiary/aromatic N) is 2. The van der Waals surface area contributed by atoms with Crippen LogP contribution in [0.5, 0.6) is 0 Å². The van der Waals surface area contributed by atoms with Crippen LogP contribution in [-0.2, 0) is 5.75 Å². The molecule has 1 N–H and O–H groups in total. The summed E-state index contributed by atoms with van der Waals surface area (Å²) in [5.41, 5.74) is 2.60. The van der Waals surface area contributed by atoms with E-state index in [4.69, 9.17) is 5.26 Å². The largest absolute Gasteiger partial charge is 0.300 e. The molecule has 1 aromatic carbocycles. The maximum atomic E-state index is 11.6. The Morgan fingerprint density at radius 1 is 1.37 bits per heavy atom. The first-order valence-corrected chi connectivity index (χ1v) is 6.78. The number of thioether (sulfide) groups is 1. The van der Waals surface area contributed by atoms with Crippen LogP contribution >= 0.6 is 11.8 Å². The molecule has 0 bridgehead atoms. The molecule has 5 heteroatoms. The molecule has 2 rings (SSSR count). The molecule has 0 aliphatic rings. The van der Waals surface area contributed by atoms with Crippen LogP contribution in [0.25, 0.3) is 0 Å². The van der Waals surface area contributed by atoms with Gasteiger partial charge in [-0.2, -0.15) is 5.26 Å². The number of aromatic nitrogens is 2. The highest BCUT2D eigenvalue weighted by Gasteiger charge is 2.08. The zero-order valence-electron chi connectivity index (χ0n) is 10.7. The molecular weight excluding hydrogens is 258 g/mol. The normalized spacial score (nSPS) is 10.2. The van der Waals surface area contributed by atoms with Crippen molar-refractivity contribution < 1.29 is 0 Å². The van der Waals surface area contributed by atoms with Gasteiger partial charge in [0.1, 0.15) is 11.6 Å². The molecule has 0 fully saturated rings. The van der Waals surface area contributed by atoms with Crippen molar-refractivity contribution in [1.82, 2.24) is 9.97 Å². The molecule has 0 aliphatic heterocycles. The Hall–Kier alpha value is -2.06. The van der Waals surface area contributed by atoms with Crippen molar-refractivity contribution in [3.63, 3.8) is 0 Å². The number of rotatable bonds is 3. The van der Waals surface area contributed by atoms with Crippen molar-refractivity contribution in [2.45, 2.75) is 24.8 Å². The lowest BCUT2D eigenvalue weighted by atomic mass is 10.1. The molecule has 19 heavy (non-hydrogen) atoms. The van der Waals surface area contributed by atoms with Gasteiger partial charge in [0.05, 0.1) is 5.69 Å². The van der Waals surface area contributed by atoms with Gasteiger partial charge in [-0.3, -0.25) is 4.79 Å². The molecule has 0 amide bonds. The minimum Gasteiger partial charge on any atom is -0.300 e. The fourth-order valence-corrected chi connectivity index (χ4v) is 2.66. The predicted octanol–water partition coefficient (Wildman–Crippen LogP) is 2.55. The number of H-pyrrole nitrogens is 1. The standard InChI is InChI=1S/C14H13N3OS/c1-9-5-3-4-6-11(9)8-19-14-16-10(2)12(7-15)13(18)17-14/h3-6H,8H2,1-2H3,(H,16,17,18). The molecule has 1 aromatic heterocycles. The summed E-state index contributed by atoms with van der Waals surface area (Å²) >= 11 is 1.46. The van der Waals surface area contributed by atoms with Crippen molar-refractivity contribution in [2.75, 3.05) is 0 Å². The fraction of sp³-hybridized carbons (Fsp3) is 0.214. The third-order valence-corrected chi connectivity index (χ3v) is 3.74. The molecular formula is C14H13N3OS. The maximum absolute atomic E-state index is 11.6. The van der Waals surface area contributed by atoms with Gasteiger partial charge in [-0.25, -0.2) is 4.98 Å². The van der Waals surface area contributed by atoms with E-state index in [-0.39, 0.29) is 11.1 Å². The molecule has 0 spiro atoms. The van der Waals surface area contributed by atoms with Gasteiger partial charge in [-0.15, -0.1) is 0 Å². The van der Waals surface area contributed by atoms with Gasteiger partial charge < -0.3 is 4.98 Å². The number of nitrogens with one attached hydrogen (secondary N) is 1. The van der Waals surface area contributed by atoms with E-state index < -0.39 is 0 Å². The molecule has 2 aromatic rings. The van der Waals surface area contributed by atoms with Crippen LogP contribution < -0.4 is 5.56 Å². The summed E-state index contributed by atoms with van der Waals surface area (Å²) in [7, 11) is 0. The van der Waals surface area contributed by atoms with Crippen LogP contribution in [0.4, 0.5) is 0 Å². The van der Waals surface area contributed by atoms with Crippen molar-refractivity contribution in [3.8, 4) is 6.07 Å². The second kappa shape index (κ2) is 5.72. The van der Waals surface area contributed by atoms with Crippen LogP contribution in [-0.4, -0.2) is 9.97 Å². The summed E-state index contributed by atoms with van der Waals surface area (Å²) in [5.74, 6) is 0.737. The van der Waals surface area contributed by atoms with Gasteiger partial charge >= 0.3 is 0 Å². The van der Waals surface area contributed by atoms with Crippen molar-refractivity contribution >= 4 is 11.8 Å². The lowest BCUT2D eigenvalue weighted by Gasteiger charge is -2.05. The highest BCUT2D eigenvalue weighted by Crippen LogP contribution is 2.20. The van der Waals surface area contributed by atoms with Gasteiger partial charge in [0.15, 0.2) is 5.16 Å². The Balaban J connectivity index is 2.20. The number of nitriles is 1. The number of hydrogen-bond acceptors (Lipinski definition) is 4. The van der Waals surface area contributed by atoms with Crippen molar-refractivity contribution in [1.29, 1.82) is 5.26 Å². The van der Waals surface area contributed by atoms with Crippen LogP contribution in [0.1, 0.15) is 22.4 Å². The first-order valence-electron chi connectivity index (χ1n) is 5.80. The summed E-state index contributed by atoms with van der Waals surface area (Å²) in [5, 5.41) is 9.36. The molecule has 0 atom stereocenters. The lowest BCUT2D eigenvalue weighted by Crippen LogP contribution is -2.14. The second-order valence-corrected chi connectivity index (χ2v) is 5.12. The van der Waals surface area contributed by atoms with Crippen molar-refractivity contribution in [2.24, 2.45) is 0 Å². The Labute approximate surface area is 115 Å². The maximum Gasteiger partial charge on any atom is 0.269 e. The summed E-state index contributed by atoms with van der Waals surface area (Å²) in [6, 6.07) is 9.95. The quantitative estimate of drug-likeness (QED) is 0.688. The van der Waals surface area contributed by atoms with E-state index in [9.17, 15) is 4.79 Å². The number of aryl methyl sites for hydroxylation is 2. The lowest BCUT2D eigenvalue weighted by molar-refractivity contribution is 0.896. The fourth-order valence-electron chi connectivity index (χ4n) is 1.68. The molecule has 1 heterocycles. The predicted molar refractivity (Wildman–Crippen MR) is 75.0 cm³/mol. The average Bonchev–Trinajstić information content (AvgIpc) is 2.37. The summed E-state index contributed by atoms with van der Waals surface area (Å²) < 4.78 is 0. The van der Waals surface area contributed by atoms with Gasteiger partial charge in [0, 0.05) is 5.75 Å². The Morgan fingerprint density at radius 3 is 2.74 bits per heavy atom. The van der Waals surface area contributed by atoms with Crippen LogP contribution in [0.3, 0.4) is 0 Å². The Bertz CT molecular complexity index is 701. The number of benzene rings is 1. The molecule has 0 unspecified atom stereocenters. The molecule has 0 saturated carbocycles. The third-order valence-electron chi connectivity index (χ3n) is 2.82. The Kier molecular flexibility index (Phi) is 4.03. The van der Waals surface area contributed by atoms with E-state index in [0.29, 0.717) is 10.9 Å². The highest BCUT2D eigenvalue weighted by molar-refractivity contribution is 7.98. The zero-order valence-corrected chi connectivity index (χ0v) is 11.5. The molecule has 96 valence electrons. The van der Waals surface area contributed by atoms with Gasteiger partial charge in [-0.1, -0.05) is 36.0 Å². The smallest absolute Gasteiger partial charge is 0.269 e. The first kappa shape index (κ1) is 13.4. The number of hydrogen-bond donors (Lipinski definition) is 1. The van der Waals surface area contributed by atoms with Crippen molar-refractivity contribution in [3.05, 3.63) is 57.0 Å². The second-order valence-electron chi connectivity index (χ2n) is 4.16. The molecule has 0 saturated heterocycles. The van der Waals surface area contributed by atoms with Crippen LogP contribution in [0.2, 0.25) is 0 Å². The van der Waals surface area contributed by atoms with E-state index in [1.165, 1.54) is 22.9 Å². The summed E-state index contributed by atoms with van der Waals surface area (Å²) in [4.78, 5) is 18.5. The van der Waals surface area contributed by atoms with Gasteiger partial charge in [0.2, 0.25) is 0 Å². The zero-order chi connectivity index (χ0) is 13.8. The molecule has 0 aliphatic carbocycles. The monoisotopic (exact) mass is 271 g/mol. The van der Waals surface area contributed by atoms with Crippen LogP contribution in [0, 0.1) is 25.2 Å². The Morgan fingerprint density at radius 2 is 2.11 bits per heavy atom.